The van der Waals surface area contributed by atoms with E-state index in [1.807, 2.05) is 0 Å². The Labute approximate surface area is 358 Å². The molecule has 0 amide bonds. The van der Waals surface area contributed by atoms with Crippen LogP contribution in [-0.2, 0) is 38.0 Å². The van der Waals surface area contributed by atoms with Gasteiger partial charge < -0.3 is 64.2 Å². The first kappa shape index (κ1) is 54.1. The van der Waals surface area contributed by atoms with E-state index in [1.54, 1.807) is 0 Å². The van der Waals surface area contributed by atoms with Gasteiger partial charge in [0.25, 0.3) is 0 Å². The van der Waals surface area contributed by atoms with Gasteiger partial charge in [-0.15, -0.1) is 0 Å². The molecule has 0 aromatic heterocycles. The molecule has 4 unspecified atom stereocenters. The van der Waals surface area contributed by atoms with Crippen molar-refractivity contribution >= 4 is 11.9 Å². The highest BCUT2D eigenvalue weighted by atomic mass is 16.7. The van der Waals surface area contributed by atoms with E-state index in [9.17, 15) is 45.3 Å². The van der Waals surface area contributed by atoms with Gasteiger partial charge in [0.1, 0.15) is 55.4 Å². The molecule has 2 rings (SSSR count). The second kappa shape index (κ2) is 33.5. The summed E-state index contributed by atoms with van der Waals surface area (Å²) < 4.78 is 33.4. The van der Waals surface area contributed by atoms with Crippen LogP contribution in [0.15, 0.2) is 24.3 Å². The van der Waals surface area contributed by atoms with Crippen molar-refractivity contribution in [3.63, 3.8) is 0 Å². The van der Waals surface area contributed by atoms with Crippen molar-refractivity contribution in [1.82, 2.24) is 0 Å². The Bertz CT molecular complexity index is 1150. The lowest BCUT2D eigenvalue weighted by molar-refractivity contribution is -0.332. The maximum absolute atomic E-state index is 12.9. The molecular weight excluding hydrogens is 780 g/mol. The average Bonchev–Trinajstić information content (AvgIpc) is 3.24. The summed E-state index contributed by atoms with van der Waals surface area (Å²) in [5, 5.41) is 71.7. The van der Waals surface area contributed by atoms with E-state index in [1.165, 1.54) is 44.9 Å². The van der Waals surface area contributed by atoms with Gasteiger partial charge in [0.05, 0.1) is 19.8 Å². The third-order valence-corrected chi connectivity index (χ3v) is 10.9. The van der Waals surface area contributed by atoms with Crippen LogP contribution >= 0.6 is 0 Å². The zero-order valence-electron chi connectivity index (χ0n) is 36.4. The molecule has 0 radical (unpaired) electrons. The Morgan fingerprint density at radius 2 is 1.00 bits per heavy atom. The lowest BCUT2D eigenvalue weighted by Gasteiger charge is -2.42. The summed E-state index contributed by atoms with van der Waals surface area (Å²) in [4.78, 5) is 25.5. The molecule has 0 aliphatic carbocycles. The van der Waals surface area contributed by atoms with Crippen molar-refractivity contribution in [1.29, 1.82) is 0 Å². The fraction of sp³-hybridized carbons (Fsp3) is 0.867. The van der Waals surface area contributed by atoms with Gasteiger partial charge in [-0.05, 0) is 44.9 Å². The Kier molecular flexibility index (Phi) is 30.2. The van der Waals surface area contributed by atoms with Gasteiger partial charge in [0, 0.05) is 12.8 Å². The maximum atomic E-state index is 12.9. The molecule has 2 aliphatic heterocycles. The molecule has 0 aromatic carbocycles. The van der Waals surface area contributed by atoms with E-state index < -0.39 is 92.7 Å². The second-order valence-corrected chi connectivity index (χ2v) is 16.2. The quantitative estimate of drug-likeness (QED) is 0.0261. The normalized spacial score (nSPS) is 27.8. The summed E-state index contributed by atoms with van der Waals surface area (Å²) in [7, 11) is 0. The zero-order chi connectivity index (χ0) is 44.0. The summed E-state index contributed by atoms with van der Waals surface area (Å²) in [5.74, 6) is -0.940. The molecule has 0 spiro atoms. The number of allylic oxidation sites excluding steroid dienone is 4. The van der Waals surface area contributed by atoms with Crippen molar-refractivity contribution in [3.8, 4) is 0 Å². The minimum atomic E-state index is -1.76. The highest BCUT2D eigenvalue weighted by Crippen LogP contribution is 2.26. The van der Waals surface area contributed by atoms with Crippen molar-refractivity contribution < 1.29 is 73.8 Å². The van der Waals surface area contributed by atoms with Crippen molar-refractivity contribution in [2.45, 2.75) is 223 Å². The summed E-state index contributed by atoms with van der Waals surface area (Å²) in [6.07, 6.45) is 13.9. The Balaban J connectivity index is 1.82. The highest BCUT2D eigenvalue weighted by Gasteiger charge is 2.47. The summed E-state index contributed by atoms with van der Waals surface area (Å²) in [5.41, 5.74) is 0. The van der Waals surface area contributed by atoms with Crippen LogP contribution in [0.2, 0.25) is 0 Å². The minimum Gasteiger partial charge on any atom is -0.462 e. The highest BCUT2D eigenvalue weighted by molar-refractivity contribution is 5.70. The third kappa shape index (κ3) is 22.4. The van der Waals surface area contributed by atoms with Crippen LogP contribution in [-0.4, -0.2) is 142 Å². The standard InChI is InChI=1S/C45H80O15/c1-3-5-7-9-11-12-13-14-15-16-17-18-19-20-22-24-26-28-37(48)58-33(30-55-36(47)27-25-23-21-10-8-6-4-2)31-56-44-43(54)41(52)39(50)35(60-44)32-57-45-42(53)40(51)38(49)34(29-46)59-45/h11-12,14-15,33-35,38-46,49-54H,3-10,13,16-32H2,1-2H3/b12-11+,15-14+/t33-,34+,35+,38-,39-,40?,41?,42?,43?,44+,45+/m1/s1. The summed E-state index contributed by atoms with van der Waals surface area (Å²) in [6.45, 7) is 2.48. The van der Waals surface area contributed by atoms with Crippen LogP contribution in [0.5, 0.6) is 0 Å². The predicted octanol–water partition coefficient (Wildman–Crippen LogP) is 4.82. The van der Waals surface area contributed by atoms with Gasteiger partial charge in [-0.3, -0.25) is 9.59 Å². The largest absolute Gasteiger partial charge is 0.462 e. The van der Waals surface area contributed by atoms with Gasteiger partial charge in [-0.2, -0.15) is 0 Å². The number of esters is 2. The molecule has 7 N–H and O–H groups in total. The summed E-state index contributed by atoms with van der Waals surface area (Å²) >= 11 is 0. The molecule has 0 saturated carbocycles. The molecule has 11 atom stereocenters. The molecule has 2 fully saturated rings. The molecule has 0 aromatic rings. The van der Waals surface area contributed by atoms with Crippen molar-refractivity contribution in [3.05, 3.63) is 24.3 Å². The van der Waals surface area contributed by atoms with Gasteiger partial charge in [0.2, 0.25) is 0 Å². The van der Waals surface area contributed by atoms with Crippen LogP contribution in [0, 0.1) is 0 Å². The van der Waals surface area contributed by atoms with Crippen LogP contribution in [0.1, 0.15) is 155 Å². The van der Waals surface area contributed by atoms with Gasteiger partial charge in [0.15, 0.2) is 18.7 Å². The molecule has 15 heteroatoms. The first-order valence-corrected chi connectivity index (χ1v) is 22.9. The zero-order valence-corrected chi connectivity index (χ0v) is 36.4. The lowest BCUT2D eigenvalue weighted by atomic mass is 9.98. The second-order valence-electron chi connectivity index (χ2n) is 16.2. The number of rotatable bonds is 34. The van der Waals surface area contributed by atoms with E-state index in [2.05, 4.69) is 38.2 Å². The number of ether oxygens (including phenoxy) is 6. The average molecular weight is 861 g/mol. The first-order valence-electron chi connectivity index (χ1n) is 22.9. The Morgan fingerprint density at radius 1 is 0.533 bits per heavy atom. The molecule has 15 nitrogen and oxygen atoms in total. The first-order chi connectivity index (χ1) is 29.0. The maximum Gasteiger partial charge on any atom is 0.306 e. The molecule has 2 heterocycles. The number of aliphatic hydroxyl groups excluding tert-OH is 7. The fourth-order valence-electron chi connectivity index (χ4n) is 7.07. The molecule has 60 heavy (non-hydrogen) atoms. The Hall–Kier alpha value is -2.02. The number of unbranched alkanes of at least 4 members (excludes halogenated alkanes) is 16. The molecular formula is C45H80O15. The van der Waals surface area contributed by atoms with Crippen LogP contribution in [0.4, 0.5) is 0 Å². The van der Waals surface area contributed by atoms with E-state index in [-0.39, 0.29) is 26.1 Å². The van der Waals surface area contributed by atoms with Gasteiger partial charge in [-0.1, -0.05) is 122 Å². The number of carbonyl (C=O) groups excluding carboxylic acids is 2. The monoisotopic (exact) mass is 861 g/mol. The van der Waals surface area contributed by atoms with Crippen LogP contribution in [0.25, 0.3) is 0 Å². The molecule has 350 valence electrons. The molecule has 2 aliphatic rings. The van der Waals surface area contributed by atoms with E-state index in [0.717, 1.165) is 70.6 Å². The van der Waals surface area contributed by atoms with Gasteiger partial charge in [-0.25, -0.2) is 0 Å². The van der Waals surface area contributed by atoms with E-state index in [0.29, 0.717) is 12.8 Å². The van der Waals surface area contributed by atoms with Crippen molar-refractivity contribution in [2.24, 2.45) is 0 Å². The van der Waals surface area contributed by atoms with Crippen LogP contribution in [0.3, 0.4) is 0 Å². The van der Waals surface area contributed by atoms with E-state index in [4.69, 9.17) is 28.4 Å². The van der Waals surface area contributed by atoms with Crippen molar-refractivity contribution in [2.75, 3.05) is 26.4 Å². The minimum absolute atomic E-state index is 0.158. The molecule has 2 saturated heterocycles. The summed E-state index contributed by atoms with van der Waals surface area (Å²) in [6, 6.07) is 0. The van der Waals surface area contributed by atoms with Crippen LogP contribution < -0.4 is 0 Å². The predicted molar refractivity (Wildman–Crippen MR) is 224 cm³/mol. The topological polar surface area (TPSA) is 231 Å². The SMILES string of the molecule is CCCCC/C=C/C/C=C/CCCCCCCCCC(=O)O[C@H](COC(=O)CCCCCCCCC)CO[C@H]1O[C@@H](CO[C@H]2O[C@@H](CO)[C@@H](O)C(O)C2O)[C@@H](O)C(O)C1O. The number of carbonyl (C=O) groups is 2. The van der Waals surface area contributed by atoms with Gasteiger partial charge >= 0.3 is 11.9 Å². The number of hydrogen-bond donors (Lipinski definition) is 7. The number of hydrogen-bond acceptors (Lipinski definition) is 15. The molecule has 0 bridgehead atoms. The fourth-order valence-corrected chi connectivity index (χ4v) is 7.07. The van der Waals surface area contributed by atoms with E-state index >= 15 is 0 Å². The lowest BCUT2D eigenvalue weighted by Crippen LogP contribution is -2.61. The third-order valence-electron chi connectivity index (χ3n) is 10.9. The number of aliphatic hydroxyl groups is 7. The smallest absolute Gasteiger partial charge is 0.306 e. The Morgan fingerprint density at radius 3 is 1.58 bits per heavy atom.